The second-order valence-electron chi connectivity index (χ2n) is 3.49. The molecule has 0 heterocycles. The number of rotatable bonds is 3. The summed E-state index contributed by atoms with van der Waals surface area (Å²) in [5, 5.41) is 9.90. The lowest BCUT2D eigenvalue weighted by molar-refractivity contribution is -0.863. The van der Waals surface area contributed by atoms with Gasteiger partial charge in [0.15, 0.2) is 0 Å². The van der Waals surface area contributed by atoms with Crippen molar-refractivity contribution < 1.29 is 10.0 Å². The Labute approximate surface area is 79.8 Å². The highest BCUT2D eigenvalue weighted by Gasteiger charge is 2.18. The Morgan fingerprint density at radius 1 is 1.31 bits per heavy atom. The van der Waals surface area contributed by atoms with Gasteiger partial charge in [-0.05, 0) is 12.5 Å². The van der Waals surface area contributed by atoms with E-state index in [0.717, 1.165) is 10.5 Å². The van der Waals surface area contributed by atoms with Crippen LogP contribution in [0.1, 0.15) is 18.6 Å². The highest BCUT2D eigenvalue weighted by atomic mass is 16.3. The summed E-state index contributed by atoms with van der Waals surface area (Å²) in [7, 11) is 5.78. The minimum absolute atomic E-state index is 0.113. The minimum Gasteiger partial charge on any atom is -0.466 e. The molecule has 2 N–H and O–H groups in total. The van der Waals surface area contributed by atoms with Crippen molar-refractivity contribution in [2.45, 2.75) is 19.1 Å². The van der Waals surface area contributed by atoms with Crippen molar-refractivity contribution in [2.24, 2.45) is 0 Å². The van der Waals surface area contributed by atoms with E-state index in [1.165, 1.54) is 0 Å². The summed E-state index contributed by atoms with van der Waals surface area (Å²) in [6.07, 6.45) is -0.432. The summed E-state index contributed by atoms with van der Waals surface area (Å²) in [5.74, 6) is 0. The molecule has 0 saturated carbocycles. The van der Waals surface area contributed by atoms with Gasteiger partial charge in [-0.25, -0.2) is 0 Å². The first kappa shape index (κ1) is 10.2. The number of hydrogen-bond donors (Lipinski definition) is 2. The van der Waals surface area contributed by atoms with E-state index in [-0.39, 0.29) is 6.04 Å². The monoisotopic (exact) mass is 179 g/mol. The molecular weight excluding hydrogens is 162 g/mol. The van der Waals surface area contributed by atoms with Gasteiger partial charge in [-0.1, -0.05) is 30.3 Å². The minimum atomic E-state index is -0.432. The van der Waals surface area contributed by atoms with Crippen molar-refractivity contribution in [3.05, 3.63) is 42.9 Å². The molecular formula is C11H17NO. The maximum Gasteiger partial charge on any atom is 0.128 e. The number of aliphatic hydroxyl groups excluding tert-OH is 1. The standard InChI is InChI=1S/C11H17NO/c1-9(12(2)3)11(13)10-7-5-4-6-8-10/h4-9,11-13H,2H2,1,3H3/t9-,11-/m1/s1. The zero-order chi connectivity index (χ0) is 9.84. The van der Waals surface area contributed by atoms with E-state index in [9.17, 15) is 5.11 Å². The molecule has 1 unspecified atom stereocenters. The number of quaternary nitrogens is 1. The van der Waals surface area contributed by atoms with Crippen LogP contribution in [0.3, 0.4) is 0 Å². The fraction of sp³-hybridized carbons (Fsp3) is 0.364. The Bertz CT molecular complexity index is 246. The van der Waals surface area contributed by atoms with Crippen molar-refractivity contribution >= 4 is 0 Å². The number of nitrogens with one attached hydrogen (secondary N) is 1. The fourth-order valence-electron chi connectivity index (χ4n) is 1.21. The maximum absolute atomic E-state index is 9.90. The molecule has 0 aliphatic rings. The van der Waals surface area contributed by atoms with Crippen molar-refractivity contribution in [1.82, 2.24) is 0 Å². The summed E-state index contributed by atoms with van der Waals surface area (Å²) in [5.41, 5.74) is 0.956. The molecule has 72 valence electrons. The Kier molecular flexibility index (Phi) is 3.46. The molecule has 0 aromatic heterocycles. The lowest BCUT2D eigenvalue weighted by Crippen LogP contribution is -3.08. The predicted octanol–water partition coefficient (Wildman–Crippen LogP) is 0.415. The van der Waals surface area contributed by atoms with Crippen LogP contribution in [0, 0.1) is 7.05 Å². The van der Waals surface area contributed by atoms with Crippen molar-refractivity contribution in [2.75, 3.05) is 7.05 Å². The molecule has 13 heavy (non-hydrogen) atoms. The van der Waals surface area contributed by atoms with Crippen LogP contribution in [-0.2, 0) is 0 Å². The molecule has 0 bridgehead atoms. The van der Waals surface area contributed by atoms with Crippen LogP contribution in [-0.4, -0.2) is 18.2 Å². The van der Waals surface area contributed by atoms with Gasteiger partial charge in [-0.15, -0.1) is 0 Å². The molecule has 1 aromatic carbocycles. The summed E-state index contributed by atoms with van der Waals surface area (Å²) < 4.78 is 0. The molecule has 1 rings (SSSR count). The van der Waals surface area contributed by atoms with Crippen LogP contribution in [0.15, 0.2) is 30.3 Å². The normalized spacial score (nSPS) is 17.8. The Hall–Kier alpha value is -0.860. The average molecular weight is 179 g/mol. The van der Waals surface area contributed by atoms with Crippen LogP contribution >= 0.6 is 0 Å². The van der Waals surface area contributed by atoms with Gasteiger partial charge in [-0.3, -0.25) is 0 Å². The SMILES string of the molecule is [CH2-][NH+](C)[C@H](C)[C@@H](O)c1ccccc1. The van der Waals surface area contributed by atoms with E-state index in [4.69, 9.17) is 0 Å². The van der Waals surface area contributed by atoms with Gasteiger partial charge in [-0.2, -0.15) is 7.05 Å². The fourth-order valence-corrected chi connectivity index (χ4v) is 1.21. The van der Waals surface area contributed by atoms with E-state index in [1.807, 2.05) is 44.3 Å². The highest BCUT2D eigenvalue weighted by molar-refractivity contribution is 5.17. The number of hydrogen-bond acceptors (Lipinski definition) is 1. The molecule has 1 aromatic rings. The maximum atomic E-state index is 9.90. The predicted molar refractivity (Wildman–Crippen MR) is 53.1 cm³/mol. The molecule has 0 radical (unpaired) electrons. The summed E-state index contributed by atoms with van der Waals surface area (Å²) in [6, 6.07) is 9.80. The Balaban J connectivity index is 2.73. The third-order valence-corrected chi connectivity index (χ3v) is 2.39. The second kappa shape index (κ2) is 4.40. The summed E-state index contributed by atoms with van der Waals surface area (Å²) in [4.78, 5) is 1.01. The zero-order valence-electron chi connectivity index (χ0n) is 8.20. The third kappa shape index (κ3) is 2.54. The van der Waals surface area contributed by atoms with Gasteiger partial charge in [0.05, 0.1) is 6.04 Å². The molecule has 0 spiro atoms. The summed E-state index contributed by atoms with van der Waals surface area (Å²) >= 11 is 0. The molecule has 0 aliphatic carbocycles. The molecule has 2 nitrogen and oxygen atoms in total. The van der Waals surface area contributed by atoms with Crippen molar-refractivity contribution in [3.63, 3.8) is 0 Å². The number of likely N-dealkylation sites (N-methyl/N-ethyl adjacent to an activating group) is 1. The van der Waals surface area contributed by atoms with Crippen LogP contribution in [0.5, 0.6) is 0 Å². The van der Waals surface area contributed by atoms with Crippen LogP contribution < -0.4 is 4.90 Å². The third-order valence-electron chi connectivity index (χ3n) is 2.39. The smallest absolute Gasteiger partial charge is 0.128 e. The van der Waals surface area contributed by atoms with Crippen molar-refractivity contribution in [1.29, 1.82) is 0 Å². The quantitative estimate of drug-likeness (QED) is 0.646. The molecule has 0 aliphatic heterocycles. The van der Waals surface area contributed by atoms with E-state index in [0.29, 0.717) is 0 Å². The Morgan fingerprint density at radius 2 is 1.85 bits per heavy atom. The van der Waals surface area contributed by atoms with Crippen LogP contribution in [0.25, 0.3) is 0 Å². The van der Waals surface area contributed by atoms with E-state index in [2.05, 4.69) is 7.05 Å². The van der Waals surface area contributed by atoms with Gasteiger partial charge >= 0.3 is 0 Å². The lowest BCUT2D eigenvalue weighted by atomic mass is 10.0. The first-order valence-electron chi connectivity index (χ1n) is 4.51. The highest BCUT2D eigenvalue weighted by Crippen LogP contribution is 2.13. The molecule has 0 amide bonds. The van der Waals surface area contributed by atoms with Gasteiger partial charge in [0, 0.05) is 7.05 Å². The lowest BCUT2D eigenvalue weighted by Gasteiger charge is -2.27. The van der Waals surface area contributed by atoms with Gasteiger partial charge in [0.25, 0.3) is 0 Å². The van der Waals surface area contributed by atoms with E-state index >= 15 is 0 Å². The van der Waals surface area contributed by atoms with Gasteiger partial charge in [0.1, 0.15) is 6.10 Å². The Morgan fingerprint density at radius 3 is 2.31 bits per heavy atom. The van der Waals surface area contributed by atoms with Crippen molar-refractivity contribution in [3.8, 4) is 0 Å². The molecule has 0 saturated heterocycles. The average Bonchev–Trinajstić information content (AvgIpc) is 2.17. The van der Waals surface area contributed by atoms with Crippen LogP contribution in [0.4, 0.5) is 0 Å². The first-order chi connectivity index (χ1) is 6.13. The summed E-state index contributed by atoms with van der Waals surface area (Å²) in [6.45, 7) is 1.99. The van der Waals surface area contributed by atoms with Gasteiger partial charge in [0.2, 0.25) is 0 Å². The molecule has 2 heteroatoms. The van der Waals surface area contributed by atoms with Gasteiger partial charge < -0.3 is 10.0 Å². The number of aliphatic hydroxyl groups is 1. The number of benzene rings is 1. The van der Waals surface area contributed by atoms with E-state index in [1.54, 1.807) is 0 Å². The second-order valence-corrected chi connectivity index (χ2v) is 3.49. The topological polar surface area (TPSA) is 24.7 Å². The largest absolute Gasteiger partial charge is 0.466 e. The van der Waals surface area contributed by atoms with Crippen LogP contribution in [0.2, 0.25) is 0 Å². The zero-order valence-corrected chi connectivity index (χ0v) is 8.20. The molecule has 3 atom stereocenters. The molecule has 0 fully saturated rings. The van der Waals surface area contributed by atoms with E-state index < -0.39 is 6.10 Å². The first-order valence-corrected chi connectivity index (χ1v) is 4.51.